The van der Waals surface area contributed by atoms with Gasteiger partial charge in [-0.05, 0) is 63.5 Å². The van der Waals surface area contributed by atoms with Gasteiger partial charge < -0.3 is 15.4 Å². The number of rotatable bonds is 4. The van der Waals surface area contributed by atoms with E-state index in [9.17, 15) is 4.79 Å². The number of halogens is 1. The van der Waals surface area contributed by atoms with Gasteiger partial charge in [-0.1, -0.05) is 6.92 Å². The summed E-state index contributed by atoms with van der Waals surface area (Å²) in [7, 11) is 0. The third-order valence-corrected chi connectivity index (χ3v) is 5.82. The van der Waals surface area contributed by atoms with Crippen molar-refractivity contribution in [2.75, 3.05) is 19.7 Å². The van der Waals surface area contributed by atoms with E-state index < -0.39 is 0 Å². The number of hydrogen-bond acceptors (Lipinski definition) is 3. The summed E-state index contributed by atoms with van der Waals surface area (Å²) in [4.78, 5) is 12.4. The zero-order valence-electron chi connectivity index (χ0n) is 13.7. The highest BCUT2D eigenvalue weighted by Gasteiger charge is 2.38. The Kier molecular flexibility index (Phi) is 6.97. The second-order valence-electron chi connectivity index (χ2n) is 7.24. The summed E-state index contributed by atoms with van der Waals surface area (Å²) in [5.74, 6) is 2.05. The van der Waals surface area contributed by atoms with Crippen molar-refractivity contribution < 1.29 is 9.53 Å². The van der Waals surface area contributed by atoms with Crippen molar-refractivity contribution in [1.29, 1.82) is 0 Å². The Bertz CT molecular complexity index is 361. The average Bonchev–Trinajstić information content (AvgIpc) is 2.97. The van der Waals surface area contributed by atoms with Gasteiger partial charge in [-0.25, -0.2) is 0 Å². The summed E-state index contributed by atoms with van der Waals surface area (Å²) in [6.45, 7) is 5.35. The van der Waals surface area contributed by atoms with Gasteiger partial charge in [0.25, 0.3) is 0 Å². The number of fused-ring (bicyclic) bond motifs is 1. The van der Waals surface area contributed by atoms with E-state index in [4.69, 9.17) is 4.74 Å². The fourth-order valence-electron chi connectivity index (χ4n) is 4.49. The van der Waals surface area contributed by atoms with Crippen molar-refractivity contribution in [3.05, 3.63) is 0 Å². The molecule has 1 amide bonds. The summed E-state index contributed by atoms with van der Waals surface area (Å²) in [6, 6.07) is 0.360. The molecule has 0 aromatic heterocycles. The van der Waals surface area contributed by atoms with Crippen LogP contribution in [0.3, 0.4) is 0 Å². The fourth-order valence-corrected chi connectivity index (χ4v) is 4.49. The van der Waals surface area contributed by atoms with Gasteiger partial charge >= 0.3 is 0 Å². The molecular weight excluding hydrogens is 300 g/mol. The molecule has 22 heavy (non-hydrogen) atoms. The lowest BCUT2D eigenvalue weighted by molar-refractivity contribution is -0.124. The molecule has 5 heteroatoms. The predicted molar refractivity (Wildman–Crippen MR) is 90.3 cm³/mol. The topological polar surface area (TPSA) is 50.4 Å². The van der Waals surface area contributed by atoms with E-state index in [0.29, 0.717) is 36.3 Å². The molecule has 3 aliphatic rings. The van der Waals surface area contributed by atoms with Crippen LogP contribution in [0.2, 0.25) is 0 Å². The summed E-state index contributed by atoms with van der Waals surface area (Å²) < 4.78 is 5.79. The van der Waals surface area contributed by atoms with Gasteiger partial charge in [-0.15, -0.1) is 12.4 Å². The van der Waals surface area contributed by atoms with Gasteiger partial charge in [0, 0.05) is 25.0 Å². The van der Waals surface area contributed by atoms with Gasteiger partial charge in [0.2, 0.25) is 5.91 Å². The minimum absolute atomic E-state index is 0. The zero-order chi connectivity index (χ0) is 14.7. The number of amides is 1. The van der Waals surface area contributed by atoms with Gasteiger partial charge in [-0.3, -0.25) is 4.79 Å². The second-order valence-corrected chi connectivity index (χ2v) is 7.24. The lowest BCUT2D eigenvalue weighted by atomic mass is 9.81. The first kappa shape index (κ1) is 18.0. The van der Waals surface area contributed by atoms with E-state index in [1.807, 2.05) is 0 Å². The number of ether oxygens (including phenoxy) is 1. The maximum absolute atomic E-state index is 12.4. The predicted octanol–water partition coefficient (Wildman–Crippen LogP) is 2.51. The van der Waals surface area contributed by atoms with Crippen LogP contribution < -0.4 is 10.6 Å². The maximum atomic E-state index is 12.4. The highest BCUT2D eigenvalue weighted by Crippen LogP contribution is 2.34. The molecule has 2 heterocycles. The Hall–Kier alpha value is -0.320. The molecular formula is C17H31ClN2O2. The number of carbonyl (C=O) groups excluding carboxylic acids is 1. The van der Waals surface area contributed by atoms with Crippen LogP contribution in [0.5, 0.6) is 0 Å². The Morgan fingerprint density at radius 3 is 2.77 bits per heavy atom. The molecule has 1 aliphatic carbocycles. The molecule has 1 saturated carbocycles. The molecule has 2 aliphatic heterocycles. The fraction of sp³-hybridized carbons (Fsp3) is 0.941. The molecule has 0 radical (unpaired) electrons. The molecule has 0 aromatic rings. The first-order valence-corrected chi connectivity index (χ1v) is 8.85. The monoisotopic (exact) mass is 330 g/mol. The largest absolute Gasteiger partial charge is 0.378 e. The summed E-state index contributed by atoms with van der Waals surface area (Å²) in [6.07, 6.45) is 8.17. The molecule has 4 unspecified atom stereocenters. The first-order chi connectivity index (χ1) is 10.2. The van der Waals surface area contributed by atoms with Crippen molar-refractivity contribution in [3.8, 4) is 0 Å². The molecule has 2 saturated heterocycles. The zero-order valence-corrected chi connectivity index (χ0v) is 14.5. The quantitative estimate of drug-likeness (QED) is 0.832. The van der Waals surface area contributed by atoms with Gasteiger partial charge in [0.05, 0.1) is 6.10 Å². The van der Waals surface area contributed by atoms with Gasteiger partial charge in [-0.2, -0.15) is 0 Å². The van der Waals surface area contributed by atoms with E-state index in [-0.39, 0.29) is 18.3 Å². The SMILES string of the molecule is CC(CC(=O)NC1CCCC2OCCC12)C1CCNCC1.Cl. The lowest BCUT2D eigenvalue weighted by Gasteiger charge is -2.34. The van der Waals surface area contributed by atoms with Crippen molar-refractivity contribution in [2.45, 2.75) is 64.0 Å². The van der Waals surface area contributed by atoms with Crippen LogP contribution >= 0.6 is 12.4 Å². The summed E-state index contributed by atoms with van der Waals surface area (Å²) in [5, 5.41) is 6.73. The van der Waals surface area contributed by atoms with E-state index in [1.54, 1.807) is 0 Å². The molecule has 3 fully saturated rings. The van der Waals surface area contributed by atoms with Crippen molar-refractivity contribution in [3.63, 3.8) is 0 Å². The standard InChI is InChI=1S/C17H30N2O2.ClH/c1-12(13-5-8-18-9-6-13)11-17(20)19-15-3-2-4-16-14(15)7-10-21-16;/h12-16,18H,2-11H2,1H3,(H,19,20);1H. The third kappa shape index (κ3) is 4.36. The van der Waals surface area contributed by atoms with Crippen LogP contribution in [0.4, 0.5) is 0 Å². The van der Waals surface area contributed by atoms with Crippen LogP contribution in [-0.2, 0) is 9.53 Å². The van der Waals surface area contributed by atoms with Crippen LogP contribution in [0.1, 0.15) is 51.9 Å². The van der Waals surface area contributed by atoms with Crippen LogP contribution in [0.15, 0.2) is 0 Å². The molecule has 3 rings (SSSR count). The van der Waals surface area contributed by atoms with E-state index in [0.717, 1.165) is 32.5 Å². The third-order valence-electron chi connectivity index (χ3n) is 5.82. The van der Waals surface area contributed by atoms with Crippen LogP contribution in [0.25, 0.3) is 0 Å². The molecule has 0 aromatic carbocycles. The Morgan fingerprint density at radius 1 is 1.23 bits per heavy atom. The molecule has 0 spiro atoms. The Labute approximate surface area is 140 Å². The molecule has 128 valence electrons. The number of piperidine rings is 1. The Balaban J connectivity index is 0.00000176. The minimum Gasteiger partial charge on any atom is -0.378 e. The second kappa shape index (κ2) is 8.51. The molecule has 4 nitrogen and oxygen atoms in total. The molecule has 0 bridgehead atoms. The van der Waals surface area contributed by atoms with E-state index >= 15 is 0 Å². The smallest absolute Gasteiger partial charge is 0.220 e. The van der Waals surface area contributed by atoms with Crippen molar-refractivity contribution in [2.24, 2.45) is 17.8 Å². The summed E-state index contributed by atoms with van der Waals surface area (Å²) >= 11 is 0. The van der Waals surface area contributed by atoms with Crippen LogP contribution in [0, 0.1) is 17.8 Å². The normalized spacial score (nSPS) is 33.6. The maximum Gasteiger partial charge on any atom is 0.220 e. The van der Waals surface area contributed by atoms with Crippen LogP contribution in [-0.4, -0.2) is 37.7 Å². The molecule has 4 atom stereocenters. The number of nitrogens with one attached hydrogen (secondary N) is 2. The first-order valence-electron chi connectivity index (χ1n) is 8.85. The van der Waals surface area contributed by atoms with Crippen molar-refractivity contribution in [1.82, 2.24) is 10.6 Å². The van der Waals surface area contributed by atoms with Gasteiger partial charge in [0.15, 0.2) is 0 Å². The van der Waals surface area contributed by atoms with Gasteiger partial charge in [0.1, 0.15) is 0 Å². The summed E-state index contributed by atoms with van der Waals surface area (Å²) in [5.41, 5.74) is 0. The Morgan fingerprint density at radius 2 is 2.00 bits per heavy atom. The lowest BCUT2D eigenvalue weighted by Crippen LogP contribution is -2.46. The number of hydrogen-bond donors (Lipinski definition) is 2. The van der Waals surface area contributed by atoms with E-state index in [1.165, 1.54) is 25.7 Å². The molecule has 2 N–H and O–H groups in total. The highest BCUT2D eigenvalue weighted by molar-refractivity contribution is 5.85. The number of carbonyl (C=O) groups is 1. The van der Waals surface area contributed by atoms with E-state index in [2.05, 4.69) is 17.6 Å². The minimum atomic E-state index is 0. The highest BCUT2D eigenvalue weighted by atomic mass is 35.5. The van der Waals surface area contributed by atoms with Crippen molar-refractivity contribution >= 4 is 18.3 Å². The average molecular weight is 331 g/mol.